The van der Waals surface area contributed by atoms with Crippen molar-refractivity contribution >= 4 is 11.7 Å². The molecule has 7 rings (SSSR count). The number of hydrogen-bond acceptors (Lipinski definition) is 7. The molecule has 0 aliphatic carbocycles. The smallest absolute Gasteiger partial charge is 0.416 e. The number of rotatable bonds is 6. The number of nitrogens with zero attached hydrogens (tertiary/aromatic N) is 4. The highest BCUT2D eigenvalue weighted by molar-refractivity contribution is 5.94. The molecule has 3 aromatic rings. The minimum atomic E-state index is -4.36. The first-order valence-corrected chi connectivity index (χ1v) is 16.9. The lowest BCUT2D eigenvalue weighted by atomic mass is 9.86. The Bertz CT molecular complexity index is 1540. The fourth-order valence-corrected chi connectivity index (χ4v) is 7.76. The molecular weight excluding hydrogens is 607 g/mol. The maximum absolute atomic E-state index is 13.6. The van der Waals surface area contributed by atoms with Gasteiger partial charge in [0.25, 0.3) is 5.91 Å². The molecule has 4 aliphatic rings. The molecule has 0 saturated carbocycles. The van der Waals surface area contributed by atoms with Crippen LogP contribution in [-0.4, -0.2) is 76.1 Å². The van der Waals surface area contributed by atoms with Gasteiger partial charge in [-0.1, -0.05) is 30.3 Å². The van der Waals surface area contributed by atoms with Crippen molar-refractivity contribution in [1.82, 2.24) is 19.8 Å². The molecule has 4 aliphatic heterocycles. The molecule has 1 amide bonds. The molecule has 5 heterocycles. The number of nitrogens with one attached hydrogen (secondary N) is 1. The second-order valence-corrected chi connectivity index (χ2v) is 13.5. The van der Waals surface area contributed by atoms with Crippen molar-refractivity contribution in [2.24, 2.45) is 0 Å². The van der Waals surface area contributed by atoms with Gasteiger partial charge >= 0.3 is 6.18 Å². The minimum Gasteiger partial charge on any atom is -0.487 e. The van der Waals surface area contributed by atoms with Crippen LogP contribution in [0, 0.1) is 6.92 Å². The summed E-state index contributed by atoms with van der Waals surface area (Å²) in [6.45, 7) is 5.76. The number of ether oxygens (including phenoxy) is 2. The zero-order valence-electron chi connectivity index (χ0n) is 26.8. The number of carbonyl (C=O) groups is 1. The van der Waals surface area contributed by atoms with Gasteiger partial charge in [-0.25, -0.2) is 9.97 Å². The molecule has 2 aromatic carbocycles. The van der Waals surface area contributed by atoms with Crippen molar-refractivity contribution in [1.29, 1.82) is 0 Å². The summed E-state index contributed by atoms with van der Waals surface area (Å²) in [5, 5.41) is 3.35. The topological polar surface area (TPSA) is 79.8 Å². The van der Waals surface area contributed by atoms with Gasteiger partial charge in [-0.05, 0) is 68.4 Å². The third-order valence-electron chi connectivity index (χ3n) is 10.5. The molecule has 11 heteroatoms. The Hall–Kier alpha value is -3.70. The van der Waals surface area contributed by atoms with Gasteiger partial charge in [0.1, 0.15) is 29.2 Å². The summed E-state index contributed by atoms with van der Waals surface area (Å²) in [7, 11) is 0. The molecule has 0 radical (unpaired) electrons. The number of fused-ring (bicyclic) bond motifs is 1. The average Bonchev–Trinajstić information content (AvgIpc) is 3.45. The number of aromatic nitrogens is 2. The highest BCUT2D eigenvalue weighted by Crippen LogP contribution is 2.41. The summed E-state index contributed by atoms with van der Waals surface area (Å²) in [6, 6.07) is 14.1. The minimum absolute atomic E-state index is 0.0654. The molecule has 250 valence electrons. The van der Waals surface area contributed by atoms with E-state index in [2.05, 4.69) is 38.4 Å². The summed E-state index contributed by atoms with van der Waals surface area (Å²) >= 11 is 0. The van der Waals surface area contributed by atoms with E-state index in [1.165, 1.54) is 24.0 Å². The molecule has 1 N–H and O–H groups in total. The van der Waals surface area contributed by atoms with Crippen molar-refractivity contribution in [2.45, 2.75) is 88.3 Å². The fourth-order valence-electron chi connectivity index (χ4n) is 7.76. The summed E-state index contributed by atoms with van der Waals surface area (Å²) < 4.78 is 51.7. The van der Waals surface area contributed by atoms with Gasteiger partial charge in [0.05, 0.1) is 17.8 Å². The number of amides is 1. The number of anilines is 1. The summed E-state index contributed by atoms with van der Waals surface area (Å²) in [5.74, 6) is 1.56. The Morgan fingerprint density at radius 1 is 0.979 bits per heavy atom. The molecule has 2 atom stereocenters. The standard InChI is InChI=1S/C36H42F3N5O3/c1-24-32(41-23-42-33(24)40-22-29-6-4-8-30(46-29)25-9-11-27(12-10-25)36(37,38)39)34(45)44-17-13-28(14-18-44)43-19-15-35(16-20-43)21-26-5-2-3-7-31(26)47-35/h2-3,5,7,9-12,23,28-30H,4,6,8,13-22H2,1H3,(H,40,41,42). The first-order valence-electron chi connectivity index (χ1n) is 16.9. The Morgan fingerprint density at radius 2 is 1.72 bits per heavy atom. The molecular formula is C36H42F3N5O3. The van der Waals surface area contributed by atoms with Gasteiger partial charge in [-0.3, -0.25) is 9.69 Å². The van der Waals surface area contributed by atoms with Crippen LogP contribution in [0.2, 0.25) is 0 Å². The van der Waals surface area contributed by atoms with Gasteiger partial charge in [0, 0.05) is 63.6 Å². The van der Waals surface area contributed by atoms with E-state index in [0.717, 1.165) is 87.9 Å². The lowest BCUT2D eigenvalue weighted by molar-refractivity contribution is -0.137. The fraction of sp³-hybridized carbons (Fsp3) is 0.528. The second-order valence-electron chi connectivity index (χ2n) is 13.5. The van der Waals surface area contributed by atoms with Crippen LogP contribution in [0.1, 0.15) is 83.8 Å². The van der Waals surface area contributed by atoms with Crippen LogP contribution in [0.25, 0.3) is 0 Å². The maximum Gasteiger partial charge on any atom is 0.416 e. The first kappa shape index (κ1) is 31.9. The van der Waals surface area contributed by atoms with E-state index in [1.54, 1.807) is 0 Å². The summed E-state index contributed by atoms with van der Waals surface area (Å²) in [5.41, 5.74) is 2.45. The molecule has 1 aromatic heterocycles. The van der Waals surface area contributed by atoms with Crippen LogP contribution in [0.15, 0.2) is 54.9 Å². The van der Waals surface area contributed by atoms with Crippen LogP contribution >= 0.6 is 0 Å². The van der Waals surface area contributed by atoms with Crippen LogP contribution in [0.4, 0.5) is 19.0 Å². The van der Waals surface area contributed by atoms with E-state index in [1.807, 2.05) is 17.9 Å². The number of piperidine rings is 2. The highest BCUT2D eigenvalue weighted by Gasteiger charge is 2.43. The Kier molecular flexibility index (Phi) is 8.86. The predicted octanol–water partition coefficient (Wildman–Crippen LogP) is 6.60. The zero-order valence-corrected chi connectivity index (χ0v) is 26.8. The van der Waals surface area contributed by atoms with Crippen molar-refractivity contribution in [2.75, 3.05) is 38.0 Å². The van der Waals surface area contributed by atoms with Crippen LogP contribution in [0.5, 0.6) is 5.75 Å². The monoisotopic (exact) mass is 649 g/mol. The van der Waals surface area contributed by atoms with E-state index < -0.39 is 11.7 Å². The van der Waals surface area contributed by atoms with Gasteiger partial charge in [0.2, 0.25) is 0 Å². The number of hydrogen-bond donors (Lipinski definition) is 1. The molecule has 1 spiro atoms. The Morgan fingerprint density at radius 3 is 2.45 bits per heavy atom. The zero-order chi connectivity index (χ0) is 32.6. The van der Waals surface area contributed by atoms with Crippen LogP contribution in [0.3, 0.4) is 0 Å². The van der Waals surface area contributed by atoms with Crippen molar-refractivity contribution < 1.29 is 27.4 Å². The maximum atomic E-state index is 13.6. The van der Waals surface area contributed by atoms with E-state index >= 15 is 0 Å². The lowest BCUT2D eigenvalue weighted by Crippen LogP contribution is -2.53. The Balaban J connectivity index is 0.896. The van der Waals surface area contributed by atoms with Gasteiger partial charge in [-0.15, -0.1) is 0 Å². The summed E-state index contributed by atoms with van der Waals surface area (Å²) in [6.07, 6.45) is 4.08. The van der Waals surface area contributed by atoms with E-state index in [9.17, 15) is 18.0 Å². The lowest BCUT2D eigenvalue weighted by Gasteiger charge is -2.44. The molecule has 3 saturated heterocycles. The normalized spacial score (nSPS) is 23.4. The van der Waals surface area contributed by atoms with Crippen molar-refractivity contribution in [3.8, 4) is 5.75 Å². The SMILES string of the molecule is Cc1c(NCC2CCCC(c3ccc(C(F)(F)F)cc3)O2)ncnc1C(=O)N1CCC(N2CCC3(CC2)Cc2ccccc2O3)CC1. The number of benzene rings is 2. The first-order chi connectivity index (χ1) is 22.7. The largest absolute Gasteiger partial charge is 0.487 e. The van der Waals surface area contributed by atoms with E-state index in [4.69, 9.17) is 9.47 Å². The number of halogens is 3. The number of alkyl halides is 3. The molecule has 8 nitrogen and oxygen atoms in total. The average molecular weight is 650 g/mol. The predicted molar refractivity (Wildman–Crippen MR) is 171 cm³/mol. The third kappa shape index (κ3) is 6.83. The highest BCUT2D eigenvalue weighted by atomic mass is 19.4. The van der Waals surface area contributed by atoms with Crippen molar-refractivity contribution in [3.05, 3.63) is 82.8 Å². The quantitative estimate of drug-likeness (QED) is 0.323. The number of para-hydroxylation sites is 1. The number of carbonyl (C=O) groups excluding carboxylic acids is 1. The van der Waals surface area contributed by atoms with Gasteiger partial charge < -0.3 is 19.7 Å². The molecule has 2 unspecified atom stereocenters. The van der Waals surface area contributed by atoms with E-state index in [0.29, 0.717) is 42.8 Å². The van der Waals surface area contributed by atoms with Gasteiger partial charge in [0.15, 0.2) is 0 Å². The molecule has 47 heavy (non-hydrogen) atoms. The van der Waals surface area contributed by atoms with Crippen molar-refractivity contribution in [3.63, 3.8) is 0 Å². The number of likely N-dealkylation sites (tertiary alicyclic amines) is 2. The van der Waals surface area contributed by atoms with Crippen LogP contribution in [-0.2, 0) is 17.3 Å². The van der Waals surface area contributed by atoms with Gasteiger partial charge in [-0.2, -0.15) is 13.2 Å². The Labute approximate surface area is 273 Å². The second kappa shape index (κ2) is 13.1. The molecule has 3 fully saturated rings. The third-order valence-corrected chi connectivity index (χ3v) is 10.5. The van der Waals surface area contributed by atoms with Crippen LogP contribution < -0.4 is 10.1 Å². The van der Waals surface area contributed by atoms with E-state index in [-0.39, 0.29) is 23.7 Å². The summed E-state index contributed by atoms with van der Waals surface area (Å²) in [4.78, 5) is 26.9. The molecule has 0 bridgehead atoms.